The van der Waals surface area contributed by atoms with Crippen LogP contribution in [0.1, 0.15) is 125 Å². The quantitative estimate of drug-likeness (QED) is 0.0640. The van der Waals surface area contributed by atoms with Gasteiger partial charge in [-0.2, -0.15) is 4.98 Å². The second-order valence-corrected chi connectivity index (χ2v) is 23.5. The number of nitrogens with zero attached hydrogens (tertiary/aromatic N) is 4. The lowest BCUT2D eigenvalue weighted by atomic mass is 9.59. The highest BCUT2D eigenvalue weighted by Crippen LogP contribution is 2.55. The molecule has 73 heavy (non-hydrogen) atoms. The topological polar surface area (TPSA) is 211 Å². The number of aromatic amines is 1. The van der Waals surface area contributed by atoms with Crippen LogP contribution in [0.3, 0.4) is 0 Å². The Morgan fingerprint density at radius 2 is 1.78 bits per heavy atom. The van der Waals surface area contributed by atoms with Crippen LogP contribution < -0.4 is 29.1 Å². The molecule has 2 saturated carbocycles. The minimum absolute atomic E-state index is 0.00632. The molecule has 1 amide bonds. The van der Waals surface area contributed by atoms with E-state index < -0.39 is 42.9 Å². The van der Waals surface area contributed by atoms with Gasteiger partial charge in [-0.15, -0.1) is 0 Å². The maximum Gasteiger partial charge on any atom is 0.297 e. The van der Waals surface area contributed by atoms with Crippen LogP contribution in [0, 0.1) is 27.3 Å². The molecule has 4 aliphatic heterocycles. The lowest BCUT2D eigenvalue weighted by Gasteiger charge is -2.56. The van der Waals surface area contributed by atoms with Crippen LogP contribution in [0.4, 0.5) is 21.5 Å². The summed E-state index contributed by atoms with van der Waals surface area (Å²) in [7, 11) is -4.77. The van der Waals surface area contributed by atoms with Gasteiger partial charge in [0.25, 0.3) is 27.5 Å². The van der Waals surface area contributed by atoms with Crippen LogP contribution in [0.15, 0.2) is 71.8 Å². The Bertz CT molecular complexity index is 3020. The number of pyridine rings is 1. The molecule has 0 unspecified atom stereocenters. The zero-order valence-corrected chi connectivity index (χ0v) is 42.3. The molecule has 3 atom stereocenters. The highest BCUT2D eigenvalue weighted by Gasteiger charge is 2.50. The molecular weight excluding hydrogens is 958 g/mol. The SMILES string of the molecule is CC(C)c1ccccc1[C@@H]1CCCN1C1CC2(CCN(c3ccc(C(=O)NS(=O)(=O)c4cc5c(c([N+](=O)[O-])c4)N[C@@H](C4CCC(C)(O)CC4)CO5)c(Oc4cc5c(F)c[nH]c5nc4O[C@@H]4CCOC4)c3)CC2)C1. The predicted octanol–water partition coefficient (Wildman–Crippen LogP) is 9.51. The number of H-pyrrole nitrogens is 1. The van der Waals surface area contributed by atoms with Gasteiger partial charge >= 0.3 is 0 Å². The third-order valence-corrected chi connectivity index (χ3v) is 17.9. The predicted molar refractivity (Wildman–Crippen MR) is 272 cm³/mol. The molecular formula is C54H64FN7O10S. The van der Waals surface area contributed by atoms with Gasteiger partial charge in [0.1, 0.15) is 29.9 Å². The van der Waals surface area contributed by atoms with Gasteiger partial charge in [-0.1, -0.05) is 38.1 Å². The summed E-state index contributed by atoms with van der Waals surface area (Å²) in [6.07, 6.45) is 10.5. The number of piperidine rings is 1. The van der Waals surface area contributed by atoms with E-state index in [1.807, 2.05) is 0 Å². The average Bonchev–Trinajstić information content (AvgIpc) is 4.15. The van der Waals surface area contributed by atoms with Gasteiger partial charge in [0.05, 0.1) is 45.6 Å². The Hall–Kier alpha value is -6.02. The van der Waals surface area contributed by atoms with Crippen LogP contribution in [0.5, 0.6) is 23.1 Å². The number of carbonyl (C=O) groups excluding carboxylic acids is 1. The van der Waals surface area contributed by atoms with E-state index in [1.165, 1.54) is 48.4 Å². The van der Waals surface area contributed by atoms with Crippen LogP contribution in [0.2, 0.25) is 0 Å². The molecule has 3 saturated heterocycles. The third-order valence-electron chi connectivity index (χ3n) is 16.6. The summed E-state index contributed by atoms with van der Waals surface area (Å²) in [6, 6.07) is 18.0. The minimum atomic E-state index is -4.77. The second kappa shape index (κ2) is 19.4. The van der Waals surface area contributed by atoms with Crippen molar-refractivity contribution in [1.82, 2.24) is 19.6 Å². The number of fused-ring (bicyclic) bond motifs is 2. The van der Waals surface area contributed by atoms with Crippen molar-refractivity contribution >= 4 is 44.0 Å². The Labute approximate surface area is 424 Å². The number of likely N-dealkylation sites (tertiary alicyclic amines) is 1. The summed E-state index contributed by atoms with van der Waals surface area (Å²) in [5, 5.41) is 26.3. The Morgan fingerprint density at radius 1 is 1.00 bits per heavy atom. The largest absolute Gasteiger partial charge is 0.489 e. The number of nitro groups is 1. The van der Waals surface area contributed by atoms with Gasteiger partial charge in [-0.3, -0.25) is 19.8 Å². The van der Waals surface area contributed by atoms with Gasteiger partial charge < -0.3 is 39.3 Å². The van der Waals surface area contributed by atoms with E-state index in [1.54, 1.807) is 19.1 Å². The number of amides is 1. The monoisotopic (exact) mass is 1020 g/mol. The molecule has 17 nitrogen and oxygen atoms in total. The molecule has 6 aliphatic rings. The molecule has 0 bridgehead atoms. The molecule has 1 spiro atoms. The number of benzene rings is 3. The van der Waals surface area contributed by atoms with Gasteiger partial charge in [0.2, 0.25) is 0 Å². The van der Waals surface area contributed by atoms with Crippen molar-refractivity contribution in [2.75, 3.05) is 49.7 Å². The number of aromatic nitrogens is 2. The van der Waals surface area contributed by atoms with E-state index in [0.29, 0.717) is 63.3 Å². The van der Waals surface area contributed by atoms with Crippen LogP contribution in [0.25, 0.3) is 11.0 Å². The number of carbonyl (C=O) groups is 1. The molecule has 2 aliphatic carbocycles. The smallest absolute Gasteiger partial charge is 0.297 e. The minimum Gasteiger partial charge on any atom is -0.489 e. The molecule has 2 aromatic heterocycles. The first-order valence-corrected chi connectivity index (χ1v) is 27.4. The first-order valence-electron chi connectivity index (χ1n) is 25.9. The maximum atomic E-state index is 15.1. The third kappa shape index (κ3) is 9.80. The molecule has 3 aromatic carbocycles. The van der Waals surface area contributed by atoms with Crippen molar-refractivity contribution in [2.45, 2.75) is 132 Å². The molecule has 6 heterocycles. The number of anilines is 2. The number of nitro benzene ring substituents is 1. The number of ether oxygens (including phenoxy) is 4. The summed E-state index contributed by atoms with van der Waals surface area (Å²) in [4.78, 5) is 38.0. The molecule has 388 valence electrons. The van der Waals surface area contributed by atoms with Crippen molar-refractivity contribution in [2.24, 2.45) is 11.3 Å². The number of sulfonamides is 1. The van der Waals surface area contributed by atoms with E-state index in [9.17, 15) is 28.4 Å². The number of nitrogens with one attached hydrogen (secondary N) is 3. The molecule has 11 rings (SSSR count). The maximum absolute atomic E-state index is 15.1. The fourth-order valence-electron chi connectivity index (χ4n) is 12.4. The lowest BCUT2D eigenvalue weighted by molar-refractivity contribution is -0.384. The summed E-state index contributed by atoms with van der Waals surface area (Å²) in [5.74, 6) is -1.18. The number of hydrogen-bond donors (Lipinski definition) is 4. The summed E-state index contributed by atoms with van der Waals surface area (Å²) in [5.41, 5.74) is 2.66. The van der Waals surface area contributed by atoms with Crippen molar-refractivity contribution in [3.63, 3.8) is 0 Å². The van der Waals surface area contributed by atoms with Crippen LogP contribution in [-0.4, -0.2) is 102 Å². The fourth-order valence-corrected chi connectivity index (χ4v) is 13.4. The summed E-state index contributed by atoms with van der Waals surface area (Å²) in [6.45, 7) is 9.86. The standard InChI is InChI=1S/C54H64FN7O10S/c1-32(2)38-7-4-5-8-39(38)44-9-6-19-61(44)35-27-54(28-35)17-20-60(21-18-54)34-10-11-40(46(23-34)72-48-26-41-42(55)29-56-50(41)58-52(48)71-36-14-22-69-30-36)51(63)59-73(67,68)37-24-45(62(65)66)49-47(25-37)70-31-43(57-49)33-12-15-53(3,64)16-13-33/h4-5,7-8,10-11,23-26,29,32-33,35-36,43-44,57,64H,6,9,12-22,27-28,30-31H2,1-3H3,(H,56,58)(H,59,63)/t33?,36-,43-,44+,53?/m1/s1. The Balaban J connectivity index is 0.851. The molecule has 5 aromatic rings. The first kappa shape index (κ1) is 49.2. The zero-order valence-electron chi connectivity index (χ0n) is 41.5. The van der Waals surface area contributed by atoms with E-state index in [-0.39, 0.29) is 75.5 Å². The summed E-state index contributed by atoms with van der Waals surface area (Å²) < 4.78 is 69.9. The van der Waals surface area contributed by atoms with Gasteiger partial charge in [0, 0.05) is 67.7 Å². The average molecular weight is 1020 g/mol. The number of hydrogen-bond acceptors (Lipinski definition) is 14. The number of aliphatic hydroxyl groups is 1. The molecule has 0 radical (unpaired) electrons. The van der Waals surface area contributed by atoms with E-state index in [0.717, 1.165) is 57.1 Å². The number of rotatable bonds is 13. The van der Waals surface area contributed by atoms with Crippen LogP contribution in [-0.2, 0) is 14.8 Å². The van der Waals surface area contributed by atoms with Gasteiger partial charge in [-0.25, -0.2) is 17.5 Å². The van der Waals surface area contributed by atoms with Gasteiger partial charge in [0.15, 0.2) is 17.2 Å². The Kier molecular flexibility index (Phi) is 13.0. The van der Waals surface area contributed by atoms with Crippen molar-refractivity contribution in [3.05, 3.63) is 99.5 Å². The highest BCUT2D eigenvalue weighted by atomic mass is 32.2. The lowest BCUT2D eigenvalue weighted by Crippen LogP contribution is -2.54. The van der Waals surface area contributed by atoms with E-state index in [2.05, 4.69) is 67.9 Å². The van der Waals surface area contributed by atoms with Crippen molar-refractivity contribution < 1.29 is 46.6 Å². The Morgan fingerprint density at radius 3 is 2.52 bits per heavy atom. The normalized spacial score (nSPS) is 25.3. The van der Waals surface area contributed by atoms with Crippen molar-refractivity contribution in [1.29, 1.82) is 0 Å². The first-order chi connectivity index (χ1) is 35.0. The van der Waals surface area contributed by atoms with E-state index >= 15 is 4.39 Å². The summed E-state index contributed by atoms with van der Waals surface area (Å²) >= 11 is 0. The molecule has 5 fully saturated rings. The van der Waals surface area contributed by atoms with Gasteiger partial charge in [-0.05, 0) is 118 Å². The van der Waals surface area contributed by atoms with E-state index in [4.69, 9.17) is 18.9 Å². The number of halogens is 1. The molecule has 19 heteroatoms. The fraction of sp³-hybridized carbons (Fsp3) is 0.519. The van der Waals surface area contributed by atoms with Crippen molar-refractivity contribution in [3.8, 4) is 23.1 Å². The highest BCUT2D eigenvalue weighted by molar-refractivity contribution is 7.90. The van der Waals surface area contributed by atoms with Crippen LogP contribution >= 0.6 is 0 Å². The second-order valence-electron chi connectivity index (χ2n) is 21.8. The zero-order chi connectivity index (χ0) is 50.8. The molecule has 4 N–H and O–H groups in total.